The van der Waals surface area contributed by atoms with Gasteiger partial charge in [0.05, 0.1) is 18.5 Å². The van der Waals surface area contributed by atoms with E-state index in [1.54, 1.807) is 0 Å². The lowest BCUT2D eigenvalue weighted by Crippen LogP contribution is -2.40. The summed E-state index contributed by atoms with van der Waals surface area (Å²) < 4.78 is 9.75. The highest BCUT2D eigenvalue weighted by Crippen LogP contribution is 2.32. The lowest BCUT2D eigenvalue weighted by atomic mass is 9.96. The molecule has 24 heavy (non-hydrogen) atoms. The van der Waals surface area contributed by atoms with E-state index < -0.39 is 0 Å². The van der Waals surface area contributed by atoms with Crippen molar-refractivity contribution in [2.45, 2.75) is 25.3 Å². The number of ether oxygens (including phenoxy) is 1. The molecular weight excluding hydrogens is 304 g/mol. The van der Waals surface area contributed by atoms with E-state index in [1.165, 1.54) is 18.5 Å². The lowest BCUT2D eigenvalue weighted by molar-refractivity contribution is 0.0613. The molecule has 6 heteroatoms. The van der Waals surface area contributed by atoms with Gasteiger partial charge in [-0.25, -0.2) is 0 Å². The quantitative estimate of drug-likeness (QED) is 0.843. The van der Waals surface area contributed by atoms with Crippen LogP contribution in [0.15, 0.2) is 24.5 Å². The van der Waals surface area contributed by atoms with Crippen LogP contribution in [0.3, 0.4) is 0 Å². The monoisotopic (exact) mass is 328 g/mol. The summed E-state index contributed by atoms with van der Waals surface area (Å²) in [6.45, 7) is 2.79. The average molecular weight is 328 g/mol. The predicted molar refractivity (Wildman–Crippen MR) is 89.6 cm³/mol. The fraction of sp³-hybridized carbons (Fsp3) is 0.556. The zero-order valence-corrected chi connectivity index (χ0v) is 14.3. The number of fused-ring (bicyclic) bond motifs is 1. The molecular formula is C18H24N4O2. The molecule has 2 aromatic heterocycles. The van der Waals surface area contributed by atoms with Crippen molar-refractivity contribution < 1.29 is 9.53 Å². The first-order valence-electron chi connectivity index (χ1n) is 8.62. The van der Waals surface area contributed by atoms with E-state index in [4.69, 9.17) is 4.74 Å². The van der Waals surface area contributed by atoms with Crippen molar-refractivity contribution in [2.75, 3.05) is 19.8 Å². The minimum Gasteiger partial charge on any atom is -0.380 e. The molecule has 1 aliphatic heterocycles. The van der Waals surface area contributed by atoms with Crippen LogP contribution in [0, 0.1) is 5.92 Å². The Labute approximate surface area is 142 Å². The Balaban J connectivity index is 1.53. The van der Waals surface area contributed by atoms with Gasteiger partial charge < -0.3 is 14.2 Å². The Bertz CT molecular complexity index is 744. The Kier molecular flexibility index (Phi) is 3.92. The van der Waals surface area contributed by atoms with Crippen LogP contribution in [0.4, 0.5) is 0 Å². The second-order valence-corrected chi connectivity index (χ2v) is 7.05. The Morgan fingerprint density at radius 2 is 2.17 bits per heavy atom. The van der Waals surface area contributed by atoms with E-state index >= 15 is 0 Å². The van der Waals surface area contributed by atoms with Gasteiger partial charge in [0.15, 0.2) is 0 Å². The number of aromatic nitrogens is 3. The van der Waals surface area contributed by atoms with Gasteiger partial charge in [0.1, 0.15) is 5.69 Å². The smallest absolute Gasteiger partial charge is 0.270 e. The first-order valence-corrected chi connectivity index (χ1v) is 8.62. The van der Waals surface area contributed by atoms with Crippen LogP contribution < -0.4 is 0 Å². The molecule has 1 aliphatic carbocycles. The summed E-state index contributed by atoms with van der Waals surface area (Å²) in [5.41, 5.74) is 3.06. The maximum atomic E-state index is 12.9. The van der Waals surface area contributed by atoms with Crippen LogP contribution in [0.2, 0.25) is 0 Å². The van der Waals surface area contributed by atoms with Gasteiger partial charge in [0.2, 0.25) is 0 Å². The largest absolute Gasteiger partial charge is 0.380 e. The number of nitrogens with zero attached hydrogens (tertiary/aromatic N) is 4. The van der Waals surface area contributed by atoms with Crippen molar-refractivity contribution in [3.8, 4) is 0 Å². The van der Waals surface area contributed by atoms with Crippen LogP contribution in [0.25, 0.3) is 0 Å². The van der Waals surface area contributed by atoms with Crippen LogP contribution >= 0.6 is 0 Å². The molecule has 6 nitrogen and oxygen atoms in total. The third-order valence-corrected chi connectivity index (χ3v) is 5.07. The number of rotatable bonds is 5. The highest BCUT2D eigenvalue weighted by atomic mass is 16.5. The lowest BCUT2D eigenvalue weighted by Gasteiger charge is -2.33. The summed E-state index contributed by atoms with van der Waals surface area (Å²) in [7, 11) is 3.88. The van der Waals surface area contributed by atoms with Gasteiger partial charge >= 0.3 is 0 Å². The Morgan fingerprint density at radius 1 is 1.33 bits per heavy atom. The maximum Gasteiger partial charge on any atom is 0.270 e. The summed E-state index contributed by atoms with van der Waals surface area (Å²) in [5.74, 6) is 1.01. The molecule has 2 aromatic rings. The van der Waals surface area contributed by atoms with Crippen molar-refractivity contribution in [1.82, 2.24) is 19.2 Å². The molecule has 1 fully saturated rings. The highest BCUT2D eigenvalue weighted by Gasteiger charge is 2.32. The first-order chi connectivity index (χ1) is 11.6. The molecule has 4 rings (SSSR count). The first kappa shape index (κ1) is 15.4. The highest BCUT2D eigenvalue weighted by molar-refractivity contribution is 5.93. The van der Waals surface area contributed by atoms with Crippen LogP contribution in [-0.4, -0.2) is 44.9 Å². The SMILES string of the molecule is Cn1cccc1C(=O)N1Cc2cnn(C)c2C(COCC2CC2)C1. The minimum absolute atomic E-state index is 0.0733. The predicted octanol–water partition coefficient (Wildman–Crippen LogP) is 1.92. The van der Waals surface area contributed by atoms with Gasteiger partial charge in [0.25, 0.3) is 5.91 Å². The van der Waals surface area contributed by atoms with E-state index in [2.05, 4.69) is 5.10 Å². The summed E-state index contributed by atoms with van der Waals surface area (Å²) in [4.78, 5) is 14.8. The van der Waals surface area contributed by atoms with E-state index in [9.17, 15) is 4.79 Å². The van der Waals surface area contributed by atoms with Crippen molar-refractivity contribution in [3.05, 3.63) is 41.5 Å². The summed E-state index contributed by atoms with van der Waals surface area (Å²) in [6.07, 6.45) is 6.37. The molecule has 1 saturated carbocycles. The molecule has 0 radical (unpaired) electrons. The molecule has 1 amide bonds. The third-order valence-electron chi connectivity index (χ3n) is 5.07. The van der Waals surface area contributed by atoms with Crippen LogP contribution in [0.1, 0.15) is 40.5 Å². The van der Waals surface area contributed by atoms with Gasteiger partial charge in [-0.05, 0) is 30.9 Å². The number of carbonyl (C=O) groups is 1. The second kappa shape index (κ2) is 6.09. The molecule has 3 heterocycles. The second-order valence-electron chi connectivity index (χ2n) is 7.05. The molecule has 0 bridgehead atoms. The molecule has 0 saturated heterocycles. The van der Waals surface area contributed by atoms with E-state index in [1.807, 2.05) is 52.8 Å². The zero-order valence-electron chi connectivity index (χ0n) is 14.3. The molecule has 0 N–H and O–H groups in total. The molecule has 128 valence electrons. The van der Waals surface area contributed by atoms with E-state index in [0.717, 1.165) is 23.8 Å². The fourth-order valence-corrected chi connectivity index (χ4v) is 3.56. The third kappa shape index (κ3) is 2.86. The summed E-state index contributed by atoms with van der Waals surface area (Å²) in [6, 6.07) is 3.78. The van der Waals surface area contributed by atoms with E-state index in [-0.39, 0.29) is 11.8 Å². The van der Waals surface area contributed by atoms with Gasteiger partial charge in [0, 0.05) is 51.5 Å². The number of carbonyl (C=O) groups excluding carboxylic acids is 1. The maximum absolute atomic E-state index is 12.9. The van der Waals surface area contributed by atoms with Crippen molar-refractivity contribution in [1.29, 1.82) is 0 Å². The van der Waals surface area contributed by atoms with Crippen LogP contribution in [0.5, 0.6) is 0 Å². The van der Waals surface area contributed by atoms with E-state index in [0.29, 0.717) is 19.7 Å². The van der Waals surface area contributed by atoms with Crippen LogP contribution in [-0.2, 0) is 25.4 Å². The average Bonchev–Trinajstić information content (AvgIpc) is 3.18. The molecule has 1 unspecified atom stereocenters. The topological polar surface area (TPSA) is 52.3 Å². The Morgan fingerprint density at radius 3 is 2.88 bits per heavy atom. The summed E-state index contributed by atoms with van der Waals surface area (Å²) >= 11 is 0. The van der Waals surface area contributed by atoms with Crippen molar-refractivity contribution in [3.63, 3.8) is 0 Å². The molecule has 0 aromatic carbocycles. The molecule has 2 aliphatic rings. The molecule has 0 spiro atoms. The van der Waals surface area contributed by atoms with Gasteiger partial charge in [-0.15, -0.1) is 0 Å². The standard InChI is InChI=1S/C18H24N4O2/c1-20-7-3-4-16(20)18(23)22-9-14-8-19-21(2)17(14)15(10-22)12-24-11-13-5-6-13/h3-4,7-8,13,15H,5-6,9-12H2,1-2H3. The van der Waals surface area contributed by atoms with Gasteiger partial charge in [-0.2, -0.15) is 5.10 Å². The number of hydrogen-bond donors (Lipinski definition) is 0. The number of aryl methyl sites for hydroxylation is 2. The zero-order chi connectivity index (χ0) is 16.7. The molecule has 1 atom stereocenters. The minimum atomic E-state index is 0.0733. The Hall–Kier alpha value is -2.08. The van der Waals surface area contributed by atoms with Crippen molar-refractivity contribution >= 4 is 5.91 Å². The summed E-state index contributed by atoms with van der Waals surface area (Å²) in [5, 5.41) is 4.40. The normalized spacial score (nSPS) is 20.2. The van der Waals surface area contributed by atoms with Gasteiger partial charge in [-0.3, -0.25) is 9.48 Å². The number of amides is 1. The van der Waals surface area contributed by atoms with Gasteiger partial charge in [-0.1, -0.05) is 0 Å². The fourth-order valence-electron chi connectivity index (χ4n) is 3.56. The van der Waals surface area contributed by atoms with Crippen molar-refractivity contribution in [2.24, 2.45) is 20.0 Å². The number of hydrogen-bond acceptors (Lipinski definition) is 3.